The maximum Gasteiger partial charge on any atom is 2.00 e. The maximum absolute atomic E-state index is 12.5. The largest absolute Gasteiger partial charge is 2.00 e. The van der Waals surface area contributed by atoms with Crippen LogP contribution in [0.2, 0.25) is 0 Å². The molecule has 8 aromatic rings. The van der Waals surface area contributed by atoms with Crippen LogP contribution in [-0.2, 0) is 67.8 Å². The van der Waals surface area contributed by atoms with Crippen molar-refractivity contribution in [1.82, 2.24) is 0 Å². The van der Waals surface area contributed by atoms with E-state index in [1.807, 2.05) is 149 Å². The molecule has 0 atom stereocenters. The van der Waals surface area contributed by atoms with Gasteiger partial charge in [0.1, 0.15) is 46.0 Å². The summed E-state index contributed by atoms with van der Waals surface area (Å²) in [5, 5.41) is 33.5. The predicted octanol–water partition coefficient (Wildman–Crippen LogP) is 15.9. The Balaban J connectivity index is 0.000000312. The number of carboxylic acids is 2. The second kappa shape index (κ2) is 39.0. The van der Waals surface area contributed by atoms with E-state index in [0.29, 0.717) is 97.4 Å². The minimum Gasteiger partial charge on any atom is -0.545 e. The molecule has 1 aliphatic rings. The van der Waals surface area contributed by atoms with E-state index in [0.717, 1.165) is 103 Å². The zero-order valence-electron chi connectivity index (χ0n) is 52.8. The molecule has 0 aliphatic heterocycles. The maximum atomic E-state index is 12.5. The molecule has 0 saturated heterocycles. The molecule has 92 heavy (non-hydrogen) atoms. The molecule has 0 saturated carbocycles. The van der Waals surface area contributed by atoms with Gasteiger partial charge >= 0.3 is 42.1 Å². The van der Waals surface area contributed by atoms with E-state index in [2.05, 4.69) is 52.5 Å². The van der Waals surface area contributed by atoms with Crippen LogP contribution in [0, 0.1) is 0 Å². The topological polar surface area (TPSA) is 207 Å². The van der Waals surface area contributed by atoms with Crippen LogP contribution in [0.1, 0.15) is 119 Å². The van der Waals surface area contributed by atoms with Crippen molar-refractivity contribution in [3.63, 3.8) is 0 Å². The van der Waals surface area contributed by atoms with Gasteiger partial charge in [0, 0.05) is 56.9 Å². The molecule has 480 valence electrons. The number of rotatable bonds is 24. The molecule has 0 amide bonds. The quantitative estimate of drug-likeness (QED) is 0.0315. The number of fused-ring (bicyclic) bond motifs is 8. The first-order valence-corrected chi connectivity index (χ1v) is 31.2. The molecule has 8 aromatic carbocycles. The van der Waals surface area contributed by atoms with Crippen molar-refractivity contribution in [2.45, 2.75) is 79.1 Å². The van der Waals surface area contributed by atoms with Gasteiger partial charge in [-0.3, -0.25) is 0 Å². The normalized spacial score (nSPS) is 11.2. The summed E-state index contributed by atoms with van der Waals surface area (Å²) in [5.74, 6) is 3.20. The van der Waals surface area contributed by atoms with Crippen LogP contribution >= 0.6 is 31.9 Å². The van der Waals surface area contributed by atoms with Crippen molar-refractivity contribution in [3.05, 3.63) is 221 Å². The number of methoxy groups -OCH3 is 4. The summed E-state index contributed by atoms with van der Waals surface area (Å²) < 4.78 is 47.8. The third-order valence-electron chi connectivity index (χ3n) is 13.8. The number of halogens is 2. The van der Waals surface area contributed by atoms with Crippen LogP contribution in [0.25, 0.3) is 10.6 Å². The monoisotopic (exact) mass is 1540 g/mol. The van der Waals surface area contributed by atoms with Crippen molar-refractivity contribution in [3.8, 4) is 46.0 Å². The molecule has 8 bridgehead atoms. The number of carbonyl (C=O) groups is 2. The third kappa shape index (κ3) is 22.3. The molecular formula is C72H74Br2Mo2N4O12. The molecule has 0 unspecified atom stereocenters. The van der Waals surface area contributed by atoms with E-state index in [4.69, 9.17) is 37.9 Å². The number of ether oxygens (including phenoxy) is 8. The van der Waals surface area contributed by atoms with Gasteiger partial charge in [-0.1, -0.05) is 121 Å². The van der Waals surface area contributed by atoms with Crippen LogP contribution in [0.4, 0.5) is 22.7 Å². The summed E-state index contributed by atoms with van der Waals surface area (Å²) in [6, 6.07) is 44.3. The van der Waals surface area contributed by atoms with Crippen molar-refractivity contribution in [2.24, 2.45) is 9.98 Å². The molecule has 16 nitrogen and oxygen atoms in total. The molecular weight excluding hydrogens is 1460 g/mol. The average Bonchev–Trinajstić information content (AvgIpc) is 1.29. The summed E-state index contributed by atoms with van der Waals surface area (Å²) in [6.45, 7) is 9.87. The second-order valence-corrected chi connectivity index (χ2v) is 22.4. The molecule has 0 spiro atoms. The Morgan fingerprint density at radius 3 is 0.848 bits per heavy atom. The van der Waals surface area contributed by atoms with Crippen molar-refractivity contribution >= 4 is 79.2 Å². The van der Waals surface area contributed by atoms with Gasteiger partial charge in [0.15, 0.2) is 0 Å². The smallest absolute Gasteiger partial charge is 0.545 e. The van der Waals surface area contributed by atoms with Crippen molar-refractivity contribution in [2.75, 3.05) is 54.9 Å². The van der Waals surface area contributed by atoms with Crippen molar-refractivity contribution < 1.29 is 99.8 Å². The van der Waals surface area contributed by atoms with E-state index < -0.39 is 11.9 Å². The first-order chi connectivity index (χ1) is 43.7. The number of carbonyl (C=O) groups excluding carboxylic acids is 2. The summed E-state index contributed by atoms with van der Waals surface area (Å²) in [4.78, 5) is 33.5. The Morgan fingerprint density at radius 2 is 0.630 bits per heavy atom. The van der Waals surface area contributed by atoms with Gasteiger partial charge in [-0.25, -0.2) is 0 Å². The fraction of sp³-hybridized carbons (Fsp3) is 0.278. The van der Waals surface area contributed by atoms with Gasteiger partial charge < -0.3 is 78.3 Å². The number of nitrogens with zero attached hydrogens (tertiary/aromatic N) is 4. The van der Waals surface area contributed by atoms with Crippen LogP contribution in [-0.4, -0.2) is 79.5 Å². The van der Waals surface area contributed by atoms with Gasteiger partial charge in [0.25, 0.3) is 0 Å². The first kappa shape index (κ1) is 75.1. The molecule has 0 heterocycles. The number of hydrogen-bond donors (Lipinski definition) is 0. The minimum absolute atomic E-state index is 0. The number of hydrogen-bond acceptors (Lipinski definition) is 14. The zero-order chi connectivity index (χ0) is 64.4. The summed E-state index contributed by atoms with van der Waals surface area (Å²) in [6.07, 6.45) is 7.28. The minimum atomic E-state index is -1.28. The van der Waals surface area contributed by atoms with Crippen LogP contribution < -0.4 is 48.1 Å². The fourth-order valence-corrected chi connectivity index (χ4v) is 10.7. The predicted molar refractivity (Wildman–Crippen MR) is 359 cm³/mol. The first-order valence-electron chi connectivity index (χ1n) is 29.6. The molecule has 0 N–H and O–H groups in total. The number of aliphatic imine (C=N–C) groups is 2. The Hall–Kier alpha value is -7.62. The van der Waals surface area contributed by atoms with E-state index >= 15 is 0 Å². The summed E-state index contributed by atoms with van der Waals surface area (Å²) in [5.41, 5.74) is 9.42. The van der Waals surface area contributed by atoms with Gasteiger partial charge in [-0.15, -0.1) is 0 Å². The van der Waals surface area contributed by atoms with Gasteiger partial charge in [0.2, 0.25) is 0 Å². The number of benzene rings is 8. The van der Waals surface area contributed by atoms with Gasteiger partial charge in [-0.2, -0.15) is 0 Å². The van der Waals surface area contributed by atoms with E-state index in [-0.39, 0.29) is 53.3 Å². The standard InChI is InChI=1S/C42H46Br2O8.2C15H15N2O2.2Mo/c1-5-9-49-37-25-13-29-21-35(43)23-31(39(29)51-11-7-3)15-27-19-34(42(47)48)20-28(38(27)50-10-6-2)16-32-24-36(44)22-30(40(32)52-12-8-4)14-26(37)18-33(17-25)41(45)46;2*1-18-14-7-3-12(4-8-14)16-11-17-13-5-9-15(19-2)10-6-13;;/h17-24H,5-16H2,1-4H3,(H,45,46)(H,47,48);2*3-11H,1-2H3;;/q;2*-1;2*+2/p-2. The Morgan fingerprint density at radius 1 is 0.402 bits per heavy atom. The molecule has 0 fully saturated rings. The molecule has 0 radical (unpaired) electrons. The third-order valence-corrected chi connectivity index (χ3v) is 14.7. The number of carboxylic acid groups (broad SMARTS) is 2. The Kier molecular flexibility index (Phi) is 31.9. The molecule has 1 aliphatic carbocycles. The van der Waals surface area contributed by atoms with Gasteiger partial charge in [0.05, 0.1) is 66.8 Å². The van der Waals surface area contributed by atoms with E-state index in [1.165, 1.54) is 12.7 Å². The molecule has 20 heteroatoms. The average molecular weight is 1540 g/mol. The van der Waals surface area contributed by atoms with Crippen LogP contribution in [0.15, 0.2) is 165 Å². The molecule has 9 rings (SSSR count). The number of aromatic carboxylic acids is 2. The van der Waals surface area contributed by atoms with Crippen LogP contribution in [0.3, 0.4) is 0 Å². The summed E-state index contributed by atoms with van der Waals surface area (Å²) >= 11 is 7.43. The SMILES string of the molecule is CCCOc1c2cc(Br)cc1Cc1cc(C(=O)[O-])cc(c1OCCC)Cc1cc(Br)cc(c1OCCC)Cc1cc(C(=O)[O-])cc(c1OCCC)C2.COc1ccc(N=C[N-]c2ccc(OC)cc2)cc1.COc1ccc(N=C[N-]c2ccc(OC)cc2)cc1.[Mo+2].[Mo+2]. The zero-order valence-corrected chi connectivity index (χ0v) is 59.9. The van der Waals surface area contributed by atoms with E-state index in [9.17, 15) is 19.8 Å². The Bertz CT molecular complexity index is 3370. The van der Waals surface area contributed by atoms with Gasteiger partial charge in [-0.05, 0) is 179 Å². The van der Waals surface area contributed by atoms with Crippen LogP contribution in [0.5, 0.6) is 46.0 Å². The Labute approximate surface area is 585 Å². The fourth-order valence-electron chi connectivity index (χ4n) is 9.60. The van der Waals surface area contributed by atoms with E-state index in [1.54, 1.807) is 52.7 Å². The molecule has 0 aromatic heterocycles. The van der Waals surface area contributed by atoms with Crippen molar-refractivity contribution in [1.29, 1.82) is 0 Å². The summed E-state index contributed by atoms with van der Waals surface area (Å²) in [7, 11) is 6.54. The second-order valence-electron chi connectivity index (χ2n) is 20.6.